The number of nitrogens with zero attached hydrogens (tertiary/aromatic N) is 3. The Labute approximate surface area is 197 Å². The van der Waals surface area contributed by atoms with Crippen LogP contribution in [0.25, 0.3) is 10.9 Å². The molecule has 0 spiro atoms. The van der Waals surface area contributed by atoms with Crippen LogP contribution in [0.4, 0.5) is 11.4 Å². The molecule has 0 atom stereocenters. The van der Waals surface area contributed by atoms with Crippen LogP contribution in [-0.2, 0) is 31.9 Å². The van der Waals surface area contributed by atoms with Gasteiger partial charge in [0, 0.05) is 26.1 Å². The first-order chi connectivity index (χ1) is 15.7. The molecular formula is C18H19N5O8S3. The zero-order chi connectivity index (χ0) is 25.4. The predicted octanol–water partition coefficient (Wildman–Crippen LogP) is 0.616. The van der Waals surface area contributed by atoms with Crippen LogP contribution in [0.15, 0.2) is 51.0 Å². The van der Waals surface area contributed by atoms with Crippen molar-refractivity contribution >= 4 is 59.8 Å². The largest absolute Gasteiger partial charge is 0.305 e. The Hall–Kier alpha value is -3.18. The van der Waals surface area contributed by atoms with Crippen molar-refractivity contribution in [3.05, 3.63) is 56.0 Å². The molecule has 1 fully saturated rings. The molecule has 34 heavy (non-hydrogen) atoms. The second-order valence-electron chi connectivity index (χ2n) is 7.18. The molecule has 182 valence electrons. The van der Waals surface area contributed by atoms with Crippen molar-refractivity contribution < 1.29 is 26.6 Å². The third-order valence-electron chi connectivity index (χ3n) is 4.90. The molecule has 4 rings (SSSR count). The molecule has 1 aromatic heterocycles. The summed E-state index contributed by atoms with van der Waals surface area (Å²) in [5.74, 6) is -0.348. The van der Waals surface area contributed by atoms with Crippen molar-refractivity contribution in [3.63, 3.8) is 0 Å². The number of benzene rings is 2. The van der Waals surface area contributed by atoms with Crippen LogP contribution in [0.3, 0.4) is 0 Å². The van der Waals surface area contributed by atoms with Gasteiger partial charge in [0.2, 0.25) is 26.0 Å². The van der Waals surface area contributed by atoms with Crippen molar-refractivity contribution in [1.29, 1.82) is 0 Å². The fourth-order valence-electron chi connectivity index (χ4n) is 3.40. The van der Waals surface area contributed by atoms with Crippen LogP contribution in [0.2, 0.25) is 0 Å². The summed E-state index contributed by atoms with van der Waals surface area (Å²) in [4.78, 5) is 34.1. The van der Waals surface area contributed by atoms with E-state index in [1.165, 1.54) is 18.2 Å². The molecule has 0 bridgehead atoms. The summed E-state index contributed by atoms with van der Waals surface area (Å²) in [5, 5.41) is 21.4. The number of para-hydroxylation sites is 1. The van der Waals surface area contributed by atoms with Crippen molar-refractivity contribution in [2.45, 2.75) is 22.6 Å². The first-order valence-corrected chi connectivity index (χ1v) is 13.3. The van der Waals surface area contributed by atoms with Gasteiger partial charge in [-0.2, -0.15) is 0 Å². The minimum Gasteiger partial charge on any atom is -0.305 e. The molecule has 1 amide bonds. The average molecular weight is 530 g/mol. The lowest BCUT2D eigenvalue weighted by Gasteiger charge is -2.18. The van der Waals surface area contributed by atoms with E-state index in [2.05, 4.69) is 0 Å². The lowest BCUT2D eigenvalue weighted by atomic mass is 10.2. The highest BCUT2D eigenvalue weighted by atomic mass is 32.2. The summed E-state index contributed by atoms with van der Waals surface area (Å²) in [6.07, 6.45) is 0.755. The standard InChI is InChI=1S/C10H11N3O5S.C8H8N2O3S2/c11-19(17,18)8-4-1-3-7(13(15)16)10(8)12-6-2-5-9(12)14;1-10-7-3-2-5(15(9,12)13)4-6(7)8(11)14-10/h1,3-4H,2,5-6H2,(H2,11,17,18);2-4H,1H3,(H2,9,12,13). The third-order valence-corrected chi connectivity index (χ3v) is 7.61. The lowest BCUT2D eigenvalue weighted by Crippen LogP contribution is -2.28. The lowest BCUT2D eigenvalue weighted by molar-refractivity contribution is -0.384. The Morgan fingerprint density at radius 1 is 1.06 bits per heavy atom. The van der Waals surface area contributed by atoms with Gasteiger partial charge < -0.3 is 4.90 Å². The molecule has 0 saturated carbocycles. The number of nitrogens with two attached hydrogens (primary N) is 2. The van der Waals surface area contributed by atoms with Crippen molar-refractivity contribution in [1.82, 2.24) is 3.96 Å². The van der Waals surface area contributed by atoms with Crippen LogP contribution in [0, 0.1) is 10.1 Å². The maximum atomic E-state index is 11.7. The van der Waals surface area contributed by atoms with Crippen molar-refractivity contribution in [3.8, 4) is 0 Å². The van der Waals surface area contributed by atoms with E-state index >= 15 is 0 Å². The van der Waals surface area contributed by atoms with Gasteiger partial charge in [0.25, 0.3) is 10.4 Å². The number of hydrogen-bond donors (Lipinski definition) is 2. The Morgan fingerprint density at radius 3 is 2.26 bits per heavy atom. The van der Waals surface area contributed by atoms with Crippen LogP contribution in [-0.4, -0.2) is 38.2 Å². The van der Waals surface area contributed by atoms with Crippen LogP contribution in [0.1, 0.15) is 12.8 Å². The van der Waals surface area contributed by atoms with E-state index in [4.69, 9.17) is 10.3 Å². The maximum absolute atomic E-state index is 11.7. The Morgan fingerprint density at radius 2 is 1.74 bits per heavy atom. The molecular weight excluding hydrogens is 510 g/mol. The number of amides is 1. The predicted molar refractivity (Wildman–Crippen MR) is 124 cm³/mol. The van der Waals surface area contributed by atoms with Gasteiger partial charge in [-0.05, 0) is 42.2 Å². The zero-order valence-electron chi connectivity index (χ0n) is 17.6. The van der Waals surface area contributed by atoms with E-state index in [-0.39, 0.29) is 34.2 Å². The van der Waals surface area contributed by atoms with Gasteiger partial charge in [-0.3, -0.25) is 23.7 Å². The number of anilines is 1. The quantitative estimate of drug-likeness (QED) is 0.361. The fourth-order valence-corrected chi connectivity index (χ4v) is 5.46. The number of nitro benzene ring substituents is 1. The SMILES string of the molecule is Cn1sc(=O)c2cc(S(N)(=O)=O)ccc21.NS(=O)(=O)c1cccc([N+](=O)[O-])c1N1CCCC1=O. The Kier molecular flexibility index (Phi) is 6.90. The monoisotopic (exact) mass is 529 g/mol. The summed E-state index contributed by atoms with van der Waals surface area (Å²) >= 11 is 1.03. The molecule has 0 aliphatic carbocycles. The van der Waals surface area contributed by atoms with Crippen LogP contribution in [0.5, 0.6) is 0 Å². The first-order valence-electron chi connectivity index (χ1n) is 9.45. The third kappa shape index (κ3) is 5.15. The van der Waals surface area contributed by atoms with Gasteiger partial charge in [-0.15, -0.1) is 0 Å². The number of sulfonamides is 2. The van der Waals surface area contributed by atoms with E-state index in [9.17, 15) is 36.5 Å². The van der Waals surface area contributed by atoms with Crippen molar-refractivity contribution in [2.24, 2.45) is 17.3 Å². The van der Waals surface area contributed by atoms with E-state index in [1.807, 2.05) is 0 Å². The molecule has 1 aliphatic rings. The summed E-state index contributed by atoms with van der Waals surface area (Å²) in [7, 11) is -6.15. The smallest absolute Gasteiger partial charge is 0.294 e. The second kappa shape index (κ2) is 9.22. The molecule has 1 saturated heterocycles. The molecule has 0 unspecified atom stereocenters. The van der Waals surface area contributed by atoms with E-state index < -0.39 is 35.6 Å². The maximum Gasteiger partial charge on any atom is 0.294 e. The number of carbonyl (C=O) groups excluding carboxylic acids is 1. The molecule has 16 heteroatoms. The second-order valence-corrected chi connectivity index (χ2v) is 11.4. The van der Waals surface area contributed by atoms with E-state index in [0.29, 0.717) is 17.3 Å². The number of aromatic nitrogens is 1. The molecule has 1 aliphatic heterocycles. The summed E-state index contributed by atoms with van der Waals surface area (Å²) < 4.78 is 46.7. The topological polar surface area (TPSA) is 206 Å². The Balaban J connectivity index is 0.000000196. The highest BCUT2D eigenvalue weighted by Gasteiger charge is 2.33. The number of primary sulfonamides is 2. The minimum absolute atomic E-state index is 0.0366. The number of carbonyl (C=O) groups is 1. The molecule has 0 radical (unpaired) electrons. The summed E-state index contributed by atoms with van der Waals surface area (Å²) in [6, 6.07) is 7.81. The Bertz CT molecular complexity index is 1570. The zero-order valence-corrected chi connectivity index (χ0v) is 20.0. The minimum atomic E-state index is -4.15. The van der Waals surface area contributed by atoms with Gasteiger partial charge in [0.05, 0.1) is 20.7 Å². The highest BCUT2D eigenvalue weighted by molar-refractivity contribution is 7.89. The van der Waals surface area contributed by atoms with Crippen LogP contribution < -0.4 is 19.9 Å². The van der Waals surface area contributed by atoms with E-state index in [1.54, 1.807) is 17.1 Å². The number of nitro groups is 1. The summed E-state index contributed by atoms with van der Waals surface area (Å²) in [5.41, 5.74) is 0.0247. The van der Waals surface area contributed by atoms with Crippen molar-refractivity contribution in [2.75, 3.05) is 11.4 Å². The van der Waals surface area contributed by atoms with Gasteiger partial charge in [0.15, 0.2) is 0 Å². The normalized spacial score (nSPS) is 14.2. The number of aryl methyl sites for hydroxylation is 1. The molecule has 2 aromatic carbocycles. The first kappa shape index (κ1) is 25.4. The average Bonchev–Trinajstić information content (AvgIpc) is 3.29. The number of fused-ring (bicyclic) bond motifs is 1. The van der Waals surface area contributed by atoms with Gasteiger partial charge in [-0.25, -0.2) is 27.1 Å². The number of rotatable bonds is 4. The number of hydrogen-bond acceptors (Lipinski definition) is 9. The molecule has 4 N–H and O–H groups in total. The molecule has 13 nitrogen and oxygen atoms in total. The molecule has 3 aromatic rings. The van der Waals surface area contributed by atoms with Gasteiger partial charge in [-0.1, -0.05) is 6.07 Å². The van der Waals surface area contributed by atoms with Gasteiger partial charge in [0.1, 0.15) is 10.6 Å². The van der Waals surface area contributed by atoms with Gasteiger partial charge >= 0.3 is 0 Å². The van der Waals surface area contributed by atoms with Crippen LogP contribution >= 0.6 is 11.5 Å². The summed E-state index contributed by atoms with van der Waals surface area (Å²) in [6.45, 7) is 0.242. The fraction of sp³-hybridized carbons (Fsp3) is 0.222. The molecule has 2 heterocycles. The van der Waals surface area contributed by atoms with E-state index in [0.717, 1.165) is 28.6 Å². The highest BCUT2D eigenvalue weighted by Crippen LogP contribution is 2.36.